The van der Waals surface area contributed by atoms with Gasteiger partial charge < -0.3 is 4.74 Å². The lowest BCUT2D eigenvalue weighted by Gasteiger charge is -2.54. The lowest BCUT2D eigenvalue weighted by Crippen LogP contribution is -2.56. The minimum atomic E-state index is -0.0833. The molecule has 0 amide bonds. The van der Waals surface area contributed by atoms with Crippen LogP contribution in [0.1, 0.15) is 41.5 Å². The van der Waals surface area contributed by atoms with E-state index in [1.165, 1.54) is 0 Å². The average Bonchev–Trinajstić information content (AvgIpc) is 1.47. The molecule has 0 aromatic heterocycles. The summed E-state index contributed by atoms with van der Waals surface area (Å²) in [5, 5.41) is 0. The molecule has 1 nitrogen and oxygen atoms in total. The molecular weight excluding hydrogens is 148 g/mol. The fourth-order valence-electron chi connectivity index (χ4n) is 2.18. The van der Waals surface area contributed by atoms with Crippen LogP contribution in [0.4, 0.5) is 0 Å². The van der Waals surface area contributed by atoms with E-state index < -0.39 is 0 Å². The van der Waals surface area contributed by atoms with Crippen molar-refractivity contribution < 1.29 is 4.74 Å². The van der Waals surface area contributed by atoms with Crippen LogP contribution in [0.3, 0.4) is 0 Å². The fraction of sp³-hybridized carbons (Fsp3) is 0.818. The van der Waals surface area contributed by atoms with Gasteiger partial charge in [0.2, 0.25) is 0 Å². The van der Waals surface area contributed by atoms with Gasteiger partial charge in [-0.05, 0) is 6.08 Å². The van der Waals surface area contributed by atoms with Crippen LogP contribution in [0.5, 0.6) is 0 Å². The van der Waals surface area contributed by atoms with E-state index in [4.69, 9.17) is 4.74 Å². The fourth-order valence-corrected chi connectivity index (χ4v) is 2.18. The number of ether oxygens (including phenoxy) is 1. The van der Waals surface area contributed by atoms with E-state index in [1.54, 1.807) is 6.26 Å². The minimum Gasteiger partial charge on any atom is -0.490 e. The Bertz CT molecular complexity index is 186. The van der Waals surface area contributed by atoms with Gasteiger partial charge in [0.05, 0.1) is 6.26 Å². The molecule has 0 aliphatic carbocycles. The van der Waals surface area contributed by atoms with Crippen molar-refractivity contribution in [1.29, 1.82) is 0 Å². The standard InChI is InChI=1S/C11H20O/c1-9(2,3)11(7-8-12-11)10(4,5)6/h7-8H,1-6H3. The van der Waals surface area contributed by atoms with Gasteiger partial charge in [-0.25, -0.2) is 0 Å². The van der Waals surface area contributed by atoms with Crippen LogP contribution in [0.25, 0.3) is 0 Å². The van der Waals surface area contributed by atoms with E-state index >= 15 is 0 Å². The molecule has 0 unspecified atom stereocenters. The van der Waals surface area contributed by atoms with Gasteiger partial charge in [0.15, 0.2) is 0 Å². The quantitative estimate of drug-likeness (QED) is 0.539. The Kier molecular flexibility index (Phi) is 1.82. The summed E-state index contributed by atoms with van der Waals surface area (Å²) in [7, 11) is 0. The molecule has 1 heteroatoms. The zero-order chi connectivity index (χ0) is 9.62. The summed E-state index contributed by atoms with van der Waals surface area (Å²) in [5.41, 5.74) is 0.250. The molecule has 0 spiro atoms. The third-order valence-corrected chi connectivity index (χ3v) is 2.79. The first-order chi connectivity index (χ1) is 5.21. The van der Waals surface area contributed by atoms with Crippen molar-refractivity contribution in [2.24, 2.45) is 10.8 Å². The van der Waals surface area contributed by atoms with E-state index in [-0.39, 0.29) is 16.4 Å². The van der Waals surface area contributed by atoms with Gasteiger partial charge in [-0.15, -0.1) is 0 Å². The minimum absolute atomic E-state index is 0.0833. The third-order valence-electron chi connectivity index (χ3n) is 2.79. The van der Waals surface area contributed by atoms with Crippen LogP contribution in [-0.2, 0) is 4.74 Å². The normalized spacial score (nSPS) is 21.5. The smallest absolute Gasteiger partial charge is 0.139 e. The highest BCUT2D eigenvalue weighted by Crippen LogP contribution is 2.51. The zero-order valence-electron chi connectivity index (χ0n) is 9.06. The molecule has 1 aliphatic heterocycles. The molecule has 0 fully saturated rings. The number of rotatable bonds is 0. The summed E-state index contributed by atoms with van der Waals surface area (Å²) in [6.45, 7) is 13.3. The molecule has 0 aromatic rings. The highest BCUT2D eigenvalue weighted by molar-refractivity contribution is 5.19. The van der Waals surface area contributed by atoms with Gasteiger partial charge in [0.25, 0.3) is 0 Å². The topological polar surface area (TPSA) is 9.23 Å². The summed E-state index contributed by atoms with van der Waals surface area (Å²) in [4.78, 5) is 0. The second-order valence-electron chi connectivity index (χ2n) is 5.66. The first kappa shape index (κ1) is 9.63. The molecule has 0 aromatic carbocycles. The summed E-state index contributed by atoms with van der Waals surface area (Å²) >= 11 is 0. The molecule has 0 bridgehead atoms. The van der Waals surface area contributed by atoms with Gasteiger partial charge in [0.1, 0.15) is 5.60 Å². The van der Waals surface area contributed by atoms with E-state index in [1.807, 2.05) is 0 Å². The Morgan fingerprint density at radius 2 is 1.25 bits per heavy atom. The van der Waals surface area contributed by atoms with E-state index in [2.05, 4.69) is 47.6 Å². The van der Waals surface area contributed by atoms with Crippen molar-refractivity contribution in [3.8, 4) is 0 Å². The van der Waals surface area contributed by atoms with Crippen molar-refractivity contribution >= 4 is 0 Å². The van der Waals surface area contributed by atoms with Crippen LogP contribution in [0.15, 0.2) is 12.3 Å². The van der Waals surface area contributed by atoms with Gasteiger partial charge in [-0.1, -0.05) is 41.5 Å². The van der Waals surface area contributed by atoms with Crippen LogP contribution < -0.4 is 0 Å². The number of hydrogen-bond acceptors (Lipinski definition) is 1. The second-order valence-corrected chi connectivity index (χ2v) is 5.66. The molecule has 0 radical (unpaired) electrons. The Balaban J connectivity index is 3.02. The highest BCUT2D eigenvalue weighted by atomic mass is 16.5. The Labute approximate surface area is 75.8 Å². The van der Waals surface area contributed by atoms with E-state index in [0.29, 0.717) is 0 Å². The maximum absolute atomic E-state index is 5.67. The van der Waals surface area contributed by atoms with Crippen molar-refractivity contribution in [1.82, 2.24) is 0 Å². The predicted molar refractivity (Wildman–Crippen MR) is 51.9 cm³/mol. The molecule has 0 saturated heterocycles. The monoisotopic (exact) mass is 168 g/mol. The Morgan fingerprint density at radius 3 is 1.25 bits per heavy atom. The van der Waals surface area contributed by atoms with Crippen molar-refractivity contribution in [2.75, 3.05) is 0 Å². The molecule has 0 atom stereocenters. The van der Waals surface area contributed by atoms with Crippen molar-refractivity contribution in [2.45, 2.75) is 47.1 Å². The molecule has 0 saturated carbocycles. The lowest BCUT2D eigenvalue weighted by atomic mass is 9.61. The first-order valence-electron chi connectivity index (χ1n) is 4.56. The summed E-state index contributed by atoms with van der Waals surface area (Å²) in [5.74, 6) is 0. The van der Waals surface area contributed by atoms with Crippen LogP contribution in [0.2, 0.25) is 0 Å². The summed E-state index contributed by atoms with van der Waals surface area (Å²) < 4.78 is 5.67. The lowest BCUT2D eigenvalue weighted by molar-refractivity contribution is -0.136. The maximum atomic E-state index is 5.67. The highest BCUT2D eigenvalue weighted by Gasteiger charge is 2.53. The summed E-state index contributed by atoms with van der Waals surface area (Å²) in [6.07, 6.45) is 3.99. The molecular formula is C11H20O. The predicted octanol–water partition coefficient (Wildman–Crippen LogP) is 3.36. The van der Waals surface area contributed by atoms with Gasteiger partial charge in [-0.3, -0.25) is 0 Å². The van der Waals surface area contributed by atoms with Crippen molar-refractivity contribution in [3.63, 3.8) is 0 Å². The maximum Gasteiger partial charge on any atom is 0.139 e. The summed E-state index contributed by atoms with van der Waals surface area (Å²) in [6, 6.07) is 0. The molecule has 1 rings (SSSR count). The first-order valence-corrected chi connectivity index (χ1v) is 4.56. The SMILES string of the molecule is CC(C)(C)C1(C(C)(C)C)C=CO1. The largest absolute Gasteiger partial charge is 0.490 e. The van der Waals surface area contributed by atoms with Crippen molar-refractivity contribution in [3.05, 3.63) is 12.3 Å². The molecule has 1 heterocycles. The van der Waals surface area contributed by atoms with Crippen LogP contribution >= 0.6 is 0 Å². The van der Waals surface area contributed by atoms with Gasteiger partial charge in [-0.2, -0.15) is 0 Å². The molecule has 70 valence electrons. The number of hydrogen-bond donors (Lipinski definition) is 0. The Morgan fingerprint density at radius 1 is 0.917 bits per heavy atom. The van der Waals surface area contributed by atoms with Crippen LogP contribution in [0, 0.1) is 10.8 Å². The zero-order valence-corrected chi connectivity index (χ0v) is 9.06. The van der Waals surface area contributed by atoms with E-state index in [9.17, 15) is 0 Å². The molecule has 0 N–H and O–H groups in total. The molecule has 1 aliphatic rings. The molecule has 12 heavy (non-hydrogen) atoms. The average molecular weight is 168 g/mol. The van der Waals surface area contributed by atoms with E-state index in [0.717, 1.165) is 0 Å². The van der Waals surface area contributed by atoms with Crippen LogP contribution in [-0.4, -0.2) is 5.60 Å². The van der Waals surface area contributed by atoms with Gasteiger partial charge >= 0.3 is 0 Å². The van der Waals surface area contributed by atoms with Gasteiger partial charge in [0, 0.05) is 10.8 Å². The second kappa shape index (κ2) is 2.27. The third kappa shape index (κ3) is 1.07. The Hall–Kier alpha value is -0.460.